The Hall–Kier alpha value is -1.27. The molecule has 0 saturated heterocycles. The lowest BCUT2D eigenvalue weighted by Gasteiger charge is -2.17. The number of halogens is 4. The first-order valence-electron chi connectivity index (χ1n) is 6.52. The Bertz CT molecular complexity index is 503. The second kappa shape index (κ2) is 7.13. The molecule has 21 heavy (non-hydrogen) atoms. The van der Waals surface area contributed by atoms with Gasteiger partial charge < -0.3 is 11.1 Å². The van der Waals surface area contributed by atoms with Crippen LogP contribution in [-0.4, -0.2) is 12.5 Å². The highest BCUT2D eigenvalue weighted by atomic mass is 35.5. The number of anilines is 1. The van der Waals surface area contributed by atoms with Gasteiger partial charge in [0.05, 0.1) is 11.5 Å². The molecule has 0 heterocycles. The molecule has 3 N–H and O–H groups in total. The summed E-state index contributed by atoms with van der Waals surface area (Å²) in [5.74, 6) is -0.589. The molecule has 1 aromatic carbocycles. The molecule has 1 atom stereocenters. The Labute approximate surface area is 126 Å². The van der Waals surface area contributed by atoms with Crippen molar-refractivity contribution >= 4 is 23.2 Å². The lowest BCUT2D eigenvalue weighted by atomic mass is 9.96. The summed E-state index contributed by atoms with van der Waals surface area (Å²) in [4.78, 5) is 12.0. The van der Waals surface area contributed by atoms with Crippen LogP contribution >= 0.6 is 11.6 Å². The van der Waals surface area contributed by atoms with Crippen LogP contribution in [0.15, 0.2) is 18.2 Å². The average molecular weight is 323 g/mol. The highest BCUT2D eigenvalue weighted by molar-refractivity contribution is 6.31. The Morgan fingerprint density at radius 1 is 1.33 bits per heavy atom. The fourth-order valence-electron chi connectivity index (χ4n) is 1.95. The summed E-state index contributed by atoms with van der Waals surface area (Å²) in [7, 11) is 0. The van der Waals surface area contributed by atoms with E-state index in [0.29, 0.717) is 6.42 Å². The van der Waals surface area contributed by atoms with Gasteiger partial charge in [0.25, 0.3) is 0 Å². The molecule has 1 rings (SSSR count). The number of carbonyl (C=O) groups is 1. The van der Waals surface area contributed by atoms with Crippen LogP contribution in [0.2, 0.25) is 5.02 Å². The van der Waals surface area contributed by atoms with Gasteiger partial charge in [-0.05, 0) is 30.5 Å². The molecule has 0 saturated carbocycles. The molecule has 0 aromatic heterocycles. The number of alkyl halides is 3. The average Bonchev–Trinajstić information content (AvgIpc) is 2.33. The molecule has 0 bridgehead atoms. The minimum absolute atomic E-state index is 0.0158. The molecule has 0 radical (unpaired) electrons. The fraction of sp³-hybridized carbons (Fsp3) is 0.500. The highest BCUT2D eigenvalue weighted by Crippen LogP contribution is 2.33. The number of hydrogen-bond acceptors (Lipinski definition) is 2. The van der Waals surface area contributed by atoms with E-state index in [2.05, 4.69) is 5.32 Å². The molecule has 1 unspecified atom stereocenters. The molecular formula is C14H18ClF3N2O. The standard InChI is InChI=1S/C14H18ClF3N2O/c1-8(2)3-9(7-19)13(21)20-12-5-10(14(16,17)18)4-11(15)6-12/h4-6,8-9H,3,7,19H2,1-2H3,(H,20,21). The zero-order valence-corrected chi connectivity index (χ0v) is 12.6. The zero-order chi connectivity index (χ0) is 16.2. The van der Waals surface area contributed by atoms with E-state index in [1.807, 2.05) is 13.8 Å². The van der Waals surface area contributed by atoms with E-state index < -0.39 is 23.6 Å². The molecule has 0 aliphatic rings. The number of benzene rings is 1. The molecular weight excluding hydrogens is 305 g/mol. The van der Waals surface area contributed by atoms with Gasteiger partial charge in [-0.3, -0.25) is 4.79 Å². The van der Waals surface area contributed by atoms with Crippen LogP contribution in [0, 0.1) is 11.8 Å². The van der Waals surface area contributed by atoms with Crippen LogP contribution in [0.4, 0.5) is 18.9 Å². The monoisotopic (exact) mass is 322 g/mol. The van der Waals surface area contributed by atoms with Gasteiger partial charge in [0.2, 0.25) is 5.91 Å². The maximum Gasteiger partial charge on any atom is 0.416 e. The summed E-state index contributed by atoms with van der Waals surface area (Å²) in [6.07, 6.45) is -3.95. The number of rotatable bonds is 5. The van der Waals surface area contributed by atoms with Crippen LogP contribution < -0.4 is 11.1 Å². The molecule has 0 aliphatic heterocycles. The van der Waals surface area contributed by atoms with Crippen LogP contribution in [-0.2, 0) is 11.0 Å². The second-order valence-corrected chi connectivity index (χ2v) is 5.71. The Morgan fingerprint density at radius 3 is 2.43 bits per heavy atom. The summed E-state index contributed by atoms with van der Waals surface area (Å²) >= 11 is 5.66. The lowest BCUT2D eigenvalue weighted by Crippen LogP contribution is -2.30. The topological polar surface area (TPSA) is 55.1 Å². The van der Waals surface area contributed by atoms with Gasteiger partial charge >= 0.3 is 6.18 Å². The highest BCUT2D eigenvalue weighted by Gasteiger charge is 2.31. The van der Waals surface area contributed by atoms with Crippen molar-refractivity contribution in [2.24, 2.45) is 17.6 Å². The van der Waals surface area contributed by atoms with Crippen molar-refractivity contribution in [3.63, 3.8) is 0 Å². The van der Waals surface area contributed by atoms with Crippen LogP contribution in [0.1, 0.15) is 25.8 Å². The first kappa shape index (κ1) is 17.8. The number of nitrogens with two attached hydrogens (primary N) is 1. The molecule has 0 aliphatic carbocycles. The van der Waals surface area contributed by atoms with Gasteiger partial charge in [0, 0.05) is 17.3 Å². The van der Waals surface area contributed by atoms with Crippen molar-refractivity contribution in [2.45, 2.75) is 26.4 Å². The van der Waals surface area contributed by atoms with Gasteiger partial charge in [-0.1, -0.05) is 25.4 Å². The van der Waals surface area contributed by atoms with E-state index in [0.717, 1.165) is 12.1 Å². The third kappa shape index (κ3) is 5.55. The second-order valence-electron chi connectivity index (χ2n) is 5.28. The number of hydrogen-bond donors (Lipinski definition) is 2. The van der Waals surface area contributed by atoms with Gasteiger partial charge in [0.15, 0.2) is 0 Å². The van der Waals surface area contributed by atoms with E-state index in [1.54, 1.807) is 0 Å². The maximum absolute atomic E-state index is 12.7. The van der Waals surface area contributed by atoms with Gasteiger partial charge in [-0.2, -0.15) is 13.2 Å². The van der Waals surface area contributed by atoms with Crippen molar-refractivity contribution in [3.05, 3.63) is 28.8 Å². The molecule has 0 fully saturated rings. The molecule has 1 amide bonds. The summed E-state index contributed by atoms with van der Waals surface area (Å²) < 4.78 is 38.1. The third-order valence-corrected chi connectivity index (χ3v) is 3.12. The SMILES string of the molecule is CC(C)CC(CN)C(=O)Nc1cc(Cl)cc(C(F)(F)F)c1. The van der Waals surface area contributed by atoms with Gasteiger partial charge in [-0.25, -0.2) is 0 Å². The maximum atomic E-state index is 12.7. The summed E-state index contributed by atoms with van der Waals surface area (Å²) in [6, 6.07) is 2.94. The zero-order valence-electron chi connectivity index (χ0n) is 11.8. The first-order chi connectivity index (χ1) is 9.63. The summed E-state index contributed by atoms with van der Waals surface area (Å²) in [6.45, 7) is 4.02. The first-order valence-corrected chi connectivity index (χ1v) is 6.90. The van der Waals surface area contributed by atoms with Crippen molar-refractivity contribution in [3.8, 4) is 0 Å². The fourth-order valence-corrected chi connectivity index (χ4v) is 2.18. The predicted octanol–water partition coefficient (Wildman–Crippen LogP) is 3.92. The van der Waals surface area contributed by atoms with E-state index in [1.165, 1.54) is 6.07 Å². The van der Waals surface area contributed by atoms with E-state index in [-0.39, 0.29) is 23.2 Å². The Balaban J connectivity index is 2.92. The van der Waals surface area contributed by atoms with Crippen LogP contribution in [0.25, 0.3) is 0 Å². The van der Waals surface area contributed by atoms with Crippen molar-refractivity contribution in [1.82, 2.24) is 0 Å². The lowest BCUT2D eigenvalue weighted by molar-refractivity contribution is -0.137. The number of nitrogens with one attached hydrogen (secondary N) is 1. The van der Waals surface area contributed by atoms with E-state index >= 15 is 0 Å². The summed E-state index contributed by atoms with van der Waals surface area (Å²) in [5.41, 5.74) is 4.65. The van der Waals surface area contributed by atoms with Crippen LogP contribution in [0.5, 0.6) is 0 Å². The minimum Gasteiger partial charge on any atom is -0.330 e. The smallest absolute Gasteiger partial charge is 0.330 e. The van der Waals surface area contributed by atoms with E-state index in [9.17, 15) is 18.0 Å². The summed E-state index contributed by atoms with van der Waals surface area (Å²) in [5, 5.41) is 2.36. The Morgan fingerprint density at radius 2 is 1.95 bits per heavy atom. The minimum atomic E-state index is -4.52. The normalized spacial score (nSPS) is 13.3. The largest absolute Gasteiger partial charge is 0.416 e. The molecule has 1 aromatic rings. The molecule has 3 nitrogen and oxygen atoms in total. The molecule has 7 heteroatoms. The van der Waals surface area contributed by atoms with Crippen molar-refractivity contribution in [1.29, 1.82) is 0 Å². The number of amides is 1. The van der Waals surface area contributed by atoms with Gasteiger partial charge in [0.1, 0.15) is 0 Å². The van der Waals surface area contributed by atoms with Crippen molar-refractivity contribution in [2.75, 3.05) is 11.9 Å². The quantitative estimate of drug-likeness (QED) is 0.863. The molecule has 0 spiro atoms. The third-order valence-electron chi connectivity index (χ3n) is 2.90. The number of carbonyl (C=O) groups excluding carboxylic acids is 1. The van der Waals surface area contributed by atoms with Crippen molar-refractivity contribution < 1.29 is 18.0 Å². The van der Waals surface area contributed by atoms with Crippen LogP contribution in [0.3, 0.4) is 0 Å². The predicted molar refractivity (Wildman–Crippen MR) is 77.1 cm³/mol. The Kier molecular flexibility index (Phi) is 6.04. The molecule has 118 valence electrons. The van der Waals surface area contributed by atoms with E-state index in [4.69, 9.17) is 17.3 Å². The van der Waals surface area contributed by atoms with Gasteiger partial charge in [-0.15, -0.1) is 0 Å².